The third-order valence-electron chi connectivity index (χ3n) is 2.86. The fourth-order valence-electron chi connectivity index (χ4n) is 1.86. The number of furan rings is 1. The number of carbonyl (C=O) groups is 2. The Labute approximate surface area is 109 Å². The summed E-state index contributed by atoms with van der Waals surface area (Å²) in [4.78, 5) is 25.0. The first-order valence-corrected chi connectivity index (χ1v) is 6.57. The molecule has 1 atom stereocenters. The van der Waals surface area contributed by atoms with Crippen LogP contribution in [0.4, 0.5) is 0 Å². The topological polar surface area (TPSA) is 47.3 Å². The average Bonchev–Trinajstić information content (AvgIpc) is 2.96. The van der Waals surface area contributed by atoms with Crippen molar-refractivity contribution >= 4 is 22.9 Å². The van der Waals surface area contributed by atoms with Gasteiger partial charge in [-0.15, -0.1) is 11.3 Å². The van der Waals surface area contributed by atoms with Crippen molar-refractivity contribution in [2.24, 2.45) is 5.92 Å². The van der Waals surface area contributed by atoms with E-state index in [0.717, 1.165) is 0 Å². The number of carbonyl (C=O) groups excluding carboxylic acids is 2. The highest BCUT2D eigenvalue weighted by atomic mass is 32.1. The minimum absolute atomic E-state index is 0.131. The van der Waals surface area contributed by atoms with Crippen molar-refractivity contribution in [2.75, 3.05) is 0 Å². The van der Waals surface area contributed by atoms with Crippen LogP contribution in [0.15, 0.2) is 28.0 Å². The highest BCUT2D eigenvalue weighted by Gasteiger charge is 2.27. The first-order chi connectivity index (χ1) is 8.50. The molecule has 0 aliphatic carbocycles. The monoisotopic (exact) mass is 262 g/mol. The molecule has 0 spiro atoms. The predicted octanol–water partition coefficient (Wildman–Crippen LogP) is 3.66. The molecule has 0 aliphatic rings. The molecule has 2 heterocycles. The molecule has 0 saturated carbocycles. The summed E-state index contributed by atoms with van der Waals surface area (Å²) >= 11 is 1.36. The van der Waals surface area contributed by atoms with Crippen molar-refractivity contribution in [1.29, 1.82) is 0 Å². The summed E-state index contributed by atoms with van der Waals surface area (Å²) in [6.45, 7) is 5.17. The van der Waals surface area contributed by atoms with Gasteiger partial charge in [-0.3, -0.25) is 9.59 Å². The molecule has 18 heavy (non-hydrogen) atoms. The summed E-state index contributed by atoms with van der Waals surface area (Å²) in [5.41, 5.74) is 0.505. The Morgan fingerprint density at radius 2 is 2.00 bits per heavy atom. The van der Waals surface area contributed by atoms with Crippen LogP contribution in [0.5, 0.6) is 0 Å². The van der Waals surface area contributed by atoms with E-state index in [1.54, 1.807) is 32.9 Å². The standard InChI is InChI=1S/C14H14O3S/c1-8-7-11(10(3)17-8)13(15)9(2)14(16)12-5-4-6-18-12/h4-7,9H,1-3H3. The molecule has 4 heteroatoms. The van der Waals surface area contributed by atoms with Crippen LogP contribution < -0.4 is 0 Å². The van der Waals surface area contributed by atoms with Crippen LogP contribution >= 0.6 is 11.3 Å². The van der Waals surface area contributed by atoms with Crippen LogP contribution in [0.25, 0.3) is 0 Å². The highest BCUT2D eigenvalue weighted by Crippen LogP contribution is 2.21. The third-order valence-corrected chi connectivity index (χ3v) is 3.74. The van der Waals surface area contributed by atoms with E-state index in [4.69, 9.17) is 4.42 Å². The lowest BCUT2D eigenvalue weighted by molar-refractivity contribution is 0.0822. The Balaban J connectivity index is 2.24. The maximum Gasteiger partial charge on any atom is 0.183 e. The number of ketones is 2. The van der Waals surface area contributed by atoms with Gasteiger partial charge in [0.05, 0.1) is 16.4 Å². The van der Waals surface area contributed by atoms with Crippen LogP contribution in [-0.2, 0) is 0 Å². The van der Waals surface area contributed by atoms with E-state index >= 15 is 0 Å². The van der Waals surface area contributed by atoms with Crippen molar-refractivity contribution in [3.05, 3.63) is 45.5 Å². The van der Waals surface area contributed by atoms with Crippen LogP contribution in [-0.4, -0.2) is 11.6 Å². The molecule has 0 amide bonds. The summed E-state index contributed by atoms with van der Waals surface area (Å²) < 4.78 is 5.33. The molecule has 0 aromatic carbocycles. The van der Waals surface area contributed by atoms with Crippen molar-refractivity contribution in [2.45, 2.75) is 20.8 Å². The van der Waals surface area contributed by atoms with Gasteiger partial charge in [-0.1, -0.05) is 6.07 Å². The van der Waals surface area contributed by atoms with Gasteiger partial charge in [0.2, 0.25) is 0 Å². The molecule has 2 aromatic heterocycles. The van der Waals surface area contributed by atoms with Crippen molar-refractivity contribution in [3.8, 4) is 0 Å². The predicted molar refractivity (Wildman–Crippen MR) is 70.3 cm³/mol. The number of hydrogen-bond donors (Lipinski definition) is 0. The third kappa shape index (κ3) is 2.29. The molecule has 3 nitrogen and oxygen atoms in total. The number of hydrogen-bond acceptors (Lipinski definition) is 4. The molecular weight excluding hydrogens is 248 g/mol. The Kier molecular flexibility index (Phi) is 3.48. The molecule has 2 rings (SSSR count). The molecular formula is C14H14O3S. The minimum Gasteiger partial charge on any atom is -0.466 e. The van der Waals surface area contributed by atoms with Gasteiger partial charge < -0.3 is 4.42 Å². The van der Waals surface area contributed by atoms with E-state index in [2.05, 4.69) is 0 Å². The minimum atomic E-state index is -0.667. The fraction of sp³-hybridized carbons (Fsp3) is 0.286. The van der Waals surface area contributed by atoms with Crippen LogP contribution in [0, 0.1) is 19.8 Å². The van der Waals surface area contributed by atoms with Crippen LogP contribution in [0.1, 0.15) is 38.5 Å². The Bertz CT molecular complexity index is 578. The molecule has 0 bridgehead atoms. The molecule has 0 aliphatic heterocycles. The fourth-order valence-corrected chi connectivity index (χ4v) is 2.61. The Morgan fingerprint density at radius 1 is 1.28 bits per heavy atom. The van der Waals surface area contributed by atoms with Gasteiger partial charge >= 0.3 is 0 Å². The zero-order valence-corrected chi connectivity index (χ0v) is 11.3. The second-order valence-corrected chi connectivity index (χ2v) is 5.20. The maximum atomic E-state index is 12.2. The molecule has 0 fully saturated rings. The van der Waals surface area contributed by atoms with Gasteiger partial charge in [0.15, 0.2) is 11.6 Å². The van der Waals surface area contributed by atoms with E-state index in [-0.39, 0.29) is 11.6 Å². The van der Waals surface area contributed by atoms with E-state index in [9.17, 15) is 9.59 Å². The first kappa shape index (κ1) is 12.8. The Morgan fingerprint density at radius 3 is 2.50 bits per heavy atom. The van der Waals surface area contributed by atoms with Gasteiger partial charge in [0.25, 0.3) is 0 Å². The number of thiophene rings is 1. The van der Waals surface area contributed by atoms with Crippen molar-refractivity contribution in [1.82, 2.24) is 0 Å². The van der Waals surface area contributed by atoms with Crippen molar-refractivity contribution in [3.63, 3.8) is 0 Å². The largest absolute Gasteiger partial charge is 0.466 e. The second-order valence-electron chi connectivity index (χ2n) is 4.25. The molecule has 0 radical (unpaired) electrons. The molecule has 94 valence electrons. The summed E-state index contributed by atoms with van der Waals surface area (Å²) in [5.74, 6) is 0.283. The molecule has 2 aromatic rings. The van der Waals surface area contributed by atoms with E-state index in [0.29, 0.717) is 22.0 Å². The normalized spacial score (nSPS) is 12.4. The van der Waals surface area contributed by atoms with Gasteiger partial charge in [-0.05, 0) is 38.3 Å². The number of rotatable bonds is 4. The van der Waals surface area contributed by atoms with E-state index < -0.39 is 5.92 Å². The van der Waals surface area contributed by atoms with Crippen LogP contribution in [0.3, 0.4) is 0 Å². The first-order valence-electron chi connectivity index (χ1n) is 5.69. The summed E-state index contributed by atoms with van der Waals surface area (Å²) in [7, 11) is 0. The van der Waals surface area contributed by atoms with Crippen molar-refractivity contribution < 1.29 is 14.0 Å². The zero-order chi connectivity index (χ0) is 13.3. The quantitative estimate of drug-likeness (QED) is 0.624. The number of aryl methyl sites for hydroxylation is 2. The maximum absolute atomic E-state index is 12.2. The second kappa shape index (κ2) is 4.90. The van der Waals surface area contributed by atoms with Gasteiger partial charge in [-0.25, -0.2) is 0 Å². The lowest BCUT2D eigenvalue weighted by Gasteiger charge is -2.07. The SMILES string of the molecule is Cc1cc(C(=O)C(C)C(=O)c2cccs2)c(C)o1. The van der Waals surface area contributed by atoms with E-state index in [1.807, 2.05) is 11.4 Å². The van der Waals surface area contributed by atoms with E-state index in [1.165, 1.54) is 11.3 Å². The highest BCUT2D eigenvalue weighted by molar-refractivity contribution is 7.12. The lowest BCUT2D eigenvalue weighted by Crippen LogP contribution is -2.20. The molecule has 0 N–H and O–H groups in total. The van der Waals surface area contributed by atoms with Crippen LogP contribution in [0.2, 0.25) is 0 Å². The summed E-state index contributed by atoms with van der Waals surface area (Å²) in [6.07, 6.45) is 0. The summed E-state index contributed by atoms with van der Waals surface area (Å²) in [5, 5.41) is 1.83. The molecule has 0 saturated heterocycles. The summed E-state index contributed by atoms with van der Waals surface area (Å²) in [6, 6.07) is 5.24. The molecule has 1 unspecified atom stereocenters. The zero-order valence-electron chi connectivity index (χ0n) is 10.5. The number of Topliss-reactive ketones (excluding diaryl/α,β-unsaturated/α-hetero) is 2. The average molecular weight is 262 g/mol. The smallest absolute Gasteiger partial charge is 0.183 e. The Hall–Kier alpha value is -1.68. The lowest BCUT2D eigenvalue weighted by atomic mass is 9.95. The van der Waals surface area contributed by atoms with Gasteiger partial charge in [-0.2, -0.15) is 0 Å². The van der Waals surface area contributed by atoms with Gasteiger partial charge in [0, 0.05) is 0 Å². The van der Waals surface area contributed by atoms with Gasteiger partial charge in [0.1, 0.15) is 11.5 Å².